The third-order valence-corrected chi connectivity index (χ3v) is 2.57. The van der Waals surface area contributed by atoms with Gasteiger partial charge in [-0.05, 0) is 30.3 Å². The van der Waals surface area contributed by atoms with E-state index < -0.39 is 17.3 Å². The molecule has 0 saturated carbocycles. The van der Waals surface area contributed by atoms with Gasteiger partial charge in [0.1, 0.15) is 11.8 Å². The molecule has 0 fully saturated rings. The number of nitriles is 2. The molecule has 0 radical (unpaired) electrons. The fraction of sp³-hybridized carbons (Fsp3) is 0.0769. The largest absolute Gasteiger partial charge is 0.417 e. The average Bonchev–Trinajstić information content (AvgIpc) is 2.85. The molecule has 1 aromatic heterocycles. The molecule has 0 bridgehead atoms. The predicted molar refractivity (Wildman–Crippen MR) is 60.2 cm³/mol. The molecule has 2 rings (SSSR count). The van der Waals surface area contributed by atoms with E-state index in [1.165, 1.54) is 22.8 Å². The van der Waals surface area contributed by atoms with Crippen LogP contribution in [0, 0.1) is 22.7 Å². The Morgan fingerprint density at radius 2 is 1.79 bits per heavy atom. The Bertz CT molecular complexity index is 699. The SMILES string of the molecule is N#Cc1cc(-n2cccc2C#N)ccc1C(F)(F)F. The number of aromatic nitrogens is 1. The normalized spacial score (nSPS) is 10.8. The molecular weight excluding hydrogens is 255 g/mol. The molecule has 1 aromatic carbocycles. The van der Waals surface area contributed by atoms with Gasteiger partial charge in [0.15, 0.2) is 0 Å². The topological polar surface area (TPSA) is 52.5 Å². The highest BCUT2D eigenvalue weighted by Gasteiger charge is 2.33. The van der Waals surface area contributed by atoms with Gasteiger partial charge in [0.05, 0.1) is 17.2 Å². The molecule has 0 N–H and O–H groups in total. The Hall–Kier alpha value is -2.73. The first-order valence-electron chi connectivity index (χ1n) is 5.16. The minimum Gasteiger partial charge on any atom is -0.308 e. The summed E-state index contributed by atoms with van der Waals surface area (Å²) in [6.07, 6.45) is -3.03. The van der Waals surface area contributed by atoms with Crippen molar-refractivity contribution in [3.05, 3.63) is 53.3 Å². The van der Waals surface area contributed by atoms with Crippen LogP contribution >= 0.6 is 0 Å². The fourth-order valence-corrected chi connectivity index (χ4v) is 1.72. The molecule has 1 heterocycles. The molecule has 0 amide bonds. The number of nitrogens with zero attached hydrogens (tertiary/aromatic N) is 3. The van der Waals surface area contributed by atoms with Crippen LogP contribution in [-0.2, 0) is 6.18 Å². The van der Waals surface area contributed by atoms with Gasteiger partial charge in [0.2, 0.25) is 0 Å². The molecule has 0 aliphatic carbocycles. The quantitative estimate of drug-likeness (QED) is 0.791. The first-order chi connectivity index (χ1) is 8.97. The van der Waals surface area contributed by atoms with E-state index in [4.69, 9.17) is 10.5 Å². The first-order valence-corrected chi connectivity index (χ1v) is 5.16. The maximum Gasteiger partial charge on any atom is 0.417 e. The van der Waals surface area contributed by atoms with Gasteiger partial charge in [0.25, 0.3) is 0 Å². The Morgan fingerprint density at radius 3 is 2.37 bits per heavy atom. The number of hydrogen-bond donors (Lipinski definition) is 0. The molecule has 0 atom stereocenters. The van der Waals surface area contributed by atoms with Gasteiger partial charge in [-0.1, -0.05) is 0 Å². The minimum absolute atomic E-state index is 0.281. The van der Waals surface area contributed by atoms with Gasteiger partial charge >= 0.3 is 6.18 Å². The minimum atomic E-state index is -4.57. The van der Waals surface area contributed by atoms with Crippen molar-refractivity contribution < 1.29 is 13.2 Å². The van der Waals surface area contributed by atoms with Crippen LogP contribution in [0.4, 0.5) is 13.2 Å². The number of alkyl halides is 3. The van der Waals surface area contributed by atoms with Crippen LogP contribution in [0.3, 0.4) is 0 Å². The molecular formula is C13H6F3N3. The molecule has 0 aliphatic rings. The van der Waals surface area contributed by atoms with Crippen molar-refractivity contribution in [2.24, 2.45) is 0 Å². The lowest BCUT2D eigenvalue weighted by Crippen LogP contribution is -2.08. The van der Waals surface area contributed by atoms with Crippen molar-refractivity contribution in [3.8, 4) is 17.8 Å². The van der Waals surface area contributed by atoms with E-state index in [0.29, 0.717) is 5.69 Å². The second-order valence-electron chi connectivity index (χ2n) is 3.71. The Kier molecular flexibility index (Phi) is 3.02. The van der Waals surface area contributed by atoms with E-state index in [0.717, 1.165) is 12.1 Å². The maximum absolute atomic E-state index is 12.6. The summed E-state index contributed by atoms with van der Waals surface area (Å²) in [6, 6.07) is 9.75. The third kappa shape index (κ3) is 2.29. The second-order valence-corrected chi connectivity index (χ2v) is 3.71. The highest BCUT2D eigenvalue weighted by molar-refractivity contribution is 5.49. The highest BCUT2D eigenvalue weighted by Crippen LogP contribution is 2.32. The van der Waals surface area contributed by atoms with Crippen molar-refractivity contribution in [1.82, 2.24) is 4.57 Å². The first kappa shape index (κ1) is 12.7. The zero-order valence-electron chi connectivity index (χ0n) is 9.44. The van der Waals surface area contributed by atoms with Gasteiger partial charge in [-0.3, -0.25) is 0 Å². The smallest absolute Gasteiger partial charge is 0.308 e. The van der Waals surface area contributed by atoms with E-state index in [1.54, 1.807) is 12.3 Å². The van der Waals surface area contributed by atoms with E-state index in [-0.39, 0.29) is 5.69 Å². The summed E-state index contributed by atoms with van der Waals surface area (Å²) in [5, 5.41) is 17.7. The van der Waals surface area contributed by atoms with Crippen LogP contribution in [0.25, 0.3) is 5.69 Å². The lowest BCUT2D eigenvalue weighted by molar-refractivity contribution is -0.137. The predicted octanol–water partition coefficient (Wildman–Crippen LogP) is 3.24. The third-order valence-electron chi connectivity index (χ3n) is 2.57. The monoisotopic (exact) mass is 261 g/mol. The van der Waals surface area contributed by atoms with Crippen LogP contribution in [0.1, 0.15) is 16.8 Å². The van der Waals surface area contributed by atoms with Crippen molar-refractivity contribution >= 4 is 0 Å². The molecule has 3 nitrogen and oxygen atoms in total. The lowest BCUT2D eigenvalue weighted by Gasteiger charge is -2.11. The summed E-state index contributed by atoms with van der Waals surface area (Å²) in [5.74, 6) is 0. The van der Waals surface area contributed by atoms with Crippen LogP contribution in [0.2, 0.25) is 0 Å². The highest BCUT2D eigenvalue weighted by atomic mass is 19.4. The van der Waals surface area contributed by atoms with Crippen molar-refractivity contribution in [3.63, 3.8) is 0 Å². The van der Waals surface area contributed by atoms with Gasteiger partial charge in [0, 0.05) is 11.9 Å². The number of rotatable bonds is 1. The Morgan fingerprint density at radius 1 is 1.05 bits per heavy atom. The molecule has 0 spiro atoms. The summed E-state index contributed by atoms with van der Waals surface area (Å²) in [6.45, 7) is 0. The maximum atomic E-state index is 12.6. The Balaban J connectivity index is 2.59. The molecule has 2 aromatic rings. The van der Waals surface area contributed by atoms with Gasteiger partial charge in [-0.15, -0.1) is 0 Å². The van der Waals surface area contributed by atoms with Crippen LogP contribution in [0.5, 0.6) is 0 Å². The van der Waals surface area contributed by atoms with E-state index in [2.05, 4.69) is 0 Å². The molecule has 0 aliphatic heterocycles. The van der Waals surface area contributed by atoms with E-state index >= 15 is 0 Å². The average molecular weight is 261 g/mol. The number of hydrogen-bond acceptors (Lipinski definition) is 2. The fourth-order valence-electron chi connectivity index (χ4n) is 1.72. The standard InChI is InChI=1S/C13H6F3N3/c14-13(15,16)12-4-3-10(6-9(12)7-17)19-5-1-2-11(19)8-18/h1-6H. The van der Waals surface area contributed by atoms with Crippen molar-refractivity contribution in [1.29, 1.82) is 10.5 Å². The van der Waals surface area contributed by atoms with Crippen LogP contribution in [-0.4, -0.2) is 4.57 Å². The molecule has 94 valence electrons. The second kappa shape index (κ2) is 4.51. The summed E-state index contributed by atoms with van der Waals surface area (Å²) >= 11 is 0. The number of benzene rings is 1. The van der Waals surface area contributed by atoms with E-state index in [9.17, 15) is 13.2 Å². The summed E-state index contributed by atoms with van der Waals surface area (Å²) in [7, 11) is 0. The van der Waals surface area contributed by atoms with Gasteiger partial charge in [-0.25, -0.2) is 0 Å². The van der Waals surface area contributed by atoms with Crippen molar-refractivity contribution in [2.45, 2.75) is 6.18 Å². The lowest BCUT2D eigenvalue weighted by atomic mass is 10.1. The van der Waals surface area contributed by atoms with Crippen LogP contribution in [0.15, 0.2) is 36.5 Å². The zero-order valence-corrected chi connectivity index (χ0v) is 9.44. The van der Waals surface area contributed by atoms with Crippen LogP contribution < -0.4 is 0 Å². The molecule has 6 heteroatoms. The molecule has 0 unspecified atom stereocenters. The summed E-state index contributed by atoms with van der Waals surface area (Å²) in [4.78, 5) is 0. The van der Waals surface area contributed by atoms with Gasteiger partial charge < -0.3 is 4.57 Å². The summed E-state index contributed by atoms with van der Waals surface area (Å²) < 4.78 is 39.4. The zero-order chi connectivity index (χ0) is 14.0. The molecule has 19 heavy (non-hydrogen) atoms. The summed E-state index contributed by atoms with van der Waals surface area (Å²) in [5.41, 5.74) is -0.832. The molecule has 0 saturated heterocycles. The Labute approximate surface area is 106 Å². The van der Waals surface area contributed by atoms with E-state index in [1.807, 2.05) is 6.07 Å². The van der Waals surface area contributed by atoms with Crippen molar-refractivity contribution in [2.75, 3.05) is 0 Å². The number of halogens is 3. The van der Waals surface area contributed by atoms with Gasteiger partial charge in [-0.2, -0.15) is 23.7 Å².